The lowest BCUT2D eigenvalue weighted by atomic mass is 10.0. The minimum absolute atomic E-state index is 0.0510. The molecular weight excluding hydrogens is 282 g/mol. The fourth-order valence-corrected chi connectivity index (χ4v) is 3.08. The Kier molecular flexibility index (Phi) is 4.81. The van der Waals surface area contributed by atoms with Crippen LogP contribution in [0.4, 0.5) is 11.4 Å². The van der Waals surface area contributed by atoms with Crippen LogP contribution >= 0.6 is 0 Å². The van der Waals surface area contributed by atoms with Gasteiger partial charge < -0.3 is 5.32 Å². The molecule has 1 heterocycles. The molecule has 1 aliphatic rings. The molecule has 1 aromatic carbocycles. The van der Waals surface area contributed by atoms with Gasteiger partial charge in [0.2, 0.25) is 0 Å². The number of rotatable bonds is 5. The van der Waals surface area contributed by atoms with Crippen LogP contribution in [0.2, 0.25) is 0 Å². The van der Waals surface area contributed by atoms with Crippen molar-refractivity contribution in [1.82, 2.24) is 4.90 Å². The maximum Gasteiger partial charge on any atom is 0.293 e. The molecule has 0 radical (unpaired) electrons. The van der Waals surface area contributed by atoms with Gasteiger partial charge in [-0.05, 0) is 52.3 Å². The summed E-state index contributed by atoms with van der Waals surface area (Å²) in [6, 6.07) is 4.88. The smallest absolute Gasteiger partial charge is 0.293 e. The highest BCUT2D eigenvalue weighted by molar-refractivity contribution is 5.79. The number of aldehydes is 1. The molecule has 22 heavy (non-hydrogen) atoms. The summed E-state index contributed by atoms with van der Waals surface area (Å²) >= 11 is 0. The first-order valence-corrected chi connectivity index (χ1v) is 7.57. The second kappa shape index (κ2) is 6.44. The van der Waals surface area contributed by atoms with E-state index in [2.05, 4.69) is 31.0 Å². The molecule has 0 bridgehead atoms. The van der Waals surface area contributed by atoms with Crippen LogP contribution in [0, 0.1) is 10.1 Å². The first kappa shape index (κ1) is 16.4. The maximum absolute atomic E-state index is 11.1. The van der Waals surface area contributed by atoms with E-state index >= 15 is 0 Å². The number of likely N-dealkylation sites (tertiary alicyclic amines) is 1. The fourth-order valence-electron chi connectivity index (χ4n) is 3.08. The topological polar surface area (TPSA) is 75.5 Å². The number of carbonyl (C=O) groups excluding carboxylic acids is 1. The van der Waals surface area contributed by atoms with Gasteiger partial charge in [0.25, 0.3) is 5.69 Å². The van der Waals surface area contributed by atoms with Crippen LogP contribution in [0.15, 0.2) is 18.2 Å². The Labute approximate surface area is 130 Å². The summed E-state index contributed by atoms with van der Waals surface area (Å²) in [7, 11) is 0. The monoisotopic (exact) mass is 305 g/mol. The summed E-state index contributed by atoms with van der Waals surface area (Å²) in [6.07, 6.45) is 2.86. The van der Waals surface area contributed by atoms with Crippen molar-refractivity contribution in [2.75, 3.05) is 18.4 Å². The number of carbonyl (C=O) groups is 1. The number of nitrogens with one attached hydrogen (secondary N) is 1. The van der Waals surface area contributed by atoms with Crippen molar-refractivity contribution in [3.63, 3.8) is 0 Å². The van der Waals surface area contributed by atoms with Crippen molar-refractivity contribution in [1.29, 1.82) is 0 Å². The minimum Gasteiger partial charge on any atom is -0.378 e. The molecule has 2 rings (SSSR count). The summed E-state index contributed by atoms with van der Waals surface area (Å²) in [5, 5.41) is 14.3. The molecule has 1 atom stereocenters. The fraction of sp³-hybridized carbons (Fsp3) is 0.562. The zero-order valence-corrected chi connectivity index (χ0v) is 13.3. The van der Waals surface area contributed by atoms with Crippen molar-refractivity contribution in [3.05, 3.63) is 33.9 Å². The highest BCUT2D eigenvalue weighted by Gasteiger charge is 2.32. The third-order valence-corrected chi connectivity index (χ3v) is 4.12. The van der Waals surface area contributed by atoms with Gasteiger partial charge in [-0.3, -0.25) is 19.8 Å². The molecule has 120 valence electrons. The van der Waals surface area contributed by atoms with Crippen LogP contribution in [0.5, 0.6) is 0 Å². The van der Waals surface area contributed by atoms with Crippen molar-refractivity contribution in [2.24, 2.45) is 0 Å². The third-order valence-electron chi connectivity index (χ3n) is 4.12. The van der Waals surface area contributed by atoms with Crippen molar-refractivity contribution in [3.8, 4) is 0 Å². The molecule has 1 unspecified atom stereocenters. The van der Waals surface area contributed by atoms with Crippen LogP contribution in [0.3, 0.4) is 0 Å². The Morgan fingerprint density at radius 3 is 2.77 bits per heavy atom. The van der Waals surface area contributed by atoms with Gasteiger partial charge in [0.05, 0.1) is 4.92 Å². The Hall–Kier alpha value is -1.95. The van der Waals surface area contributed by atoms with Gasteiger partial charge in [0, 0.05) is 29.8 Å². The summed E-state index contributed by atoms with van der Waals surface area (Å²) in [5.74, 6) is 0. The molecular formula is C16H23N3O3. The lowest BCUT2D eigenvalue weighted by Gasteiger charge is -2.37. The van der Waals surface area contributed by atoms with E-state index in [4.69, 9.17) is 0 Å². The van der Waals surface area contributed by atoms with E-state index in [0.29, 0.717) is 30.1 Å². The number of hydrogen-bond acceptors (Lipinski definition) is 5. The molecule has 0 amide bonds. The molecule has 1 aliphatic heterocycles. The van der Waals surface area contributed by atoms with E-state index in [1.165, 1.54) is 6.07 Å². The van der Waals surface area contributed by atoms with Crippen molar-refractivity contribution >= 4 is 17.7 Å². The standard InChI is InChI=1S/C16H23N3O3/c1-16(2,3)18-8-4-5-13(18)10-17-14-7-6-12(11-20)9-15(14)19(21)22/h6-7,9,11,13,17H,4-5,8,10H2,1-3H3. The van der Waals surface area contributed by atoms with Crippen molar-refractivity contribution < 1.29 is 9.72 Å². The Balaban J connectivity index is 2.11. The normalized spacial score (nSPS) is 19.1. The lowest BCUT2D eigenvalue weighted by Crippen LogP contribution is -2.47. The average molecular weight is 305 g/mol. The van der Waals surface area contributed by atoms with E-state index in [-0.39, 0.29) is 11.2 Å². The highest BCUT2D eigenvalue weighted by atomic mass is 16.6. The van der Waals surface area contributed by atoms with Crippen LogP contribution in [0.1, 0.15) is 44.0 Å². The summed E-state index contributed by atoms with van der Waals surface area (Å²) in [5.41, 5.74) is 0.826. The van der Waals surface area contributed by atoms with Gasteiger partial charge >= 0.3 is 0 Å². The molecule has 0 spiro atoms. The first-order chi connectivity index (χ1) is 10.3. The number of nitro groups is 1. The summed E-state index contributed by atoms with van der Waals surface area (Å²) < 4.78 is 0. The largest absolute Gasteiger partial charge is 0.378 e. The highest BCUT2D eigenvalue weighted by Crippen LogP contribution is 2.29. The number of hydrogen-bond donors (Lipinski definition) is 1. The zero-order valence-electron chi connectivity index (χ0n) is 13.3. The van der Waals surface area contributed by atoms with E-state index in [0.717, 1.165) is 19.4 Å². The Morgan fingerprint density at radius 2 is 2.18 bits per heavy atom. The third kappa shape index (κ3) is 3.62. The number of nitro benzene ring substituents is 1. The lowest BCUT2D eigenvalue weighted by molar-refractivity contribution is -0.384. The van der Waals surface area contributed by atoms with Gasteiger partial charge in [-0.25, -0.2) is 0 Å². The first-order valence-electron chi connectivity index (χ1n) is 7.57. The molecule has 0 saturated carbocycles. The summed E-state index contributed by atoms with van der Waals surface area (Å²) in [6.45, 7) is 8.28. The average Bonchev–Trinajstić information content (AvgIpc) is 2.93. The minimum atomic E-state index is -0.453. The molecule has 6 heteroatoms. The number of anilines is 1. The van der Waals surface area contributed by atoms with Gasteiger partial charge in [0.15, 0.2) is 0 Å². The van der Waals surface area contributed by atoms with Crippen LogP contribution in [-0.2, 0) is 0 Å². The van der Waals surface area contributed by atoms with Crippen molar-refractivity contribution in [2.45, 2.75) is 45.2 Å². The molecule has 0 aliphatic carbocycles. The Bertz CT molecular complexity index is 566. The van der Waals surface area contributed by atoms with Gasteiger partial charge in [-0.2, -0.15) is 0 Å². The van der Waals surface area contributed by atoms with Gasteiger partial charge in [-0.15, -0.1) is 0 Å². The zero-order chi connectivity index (χ0) is 16.3. The number of benzene rings is 1. The molecule has 1 fully saturated rings. The van der Waals surface area contributed by atoms with Crippen LogP contribution < -0.4 is 5.32 Å². The second-order valence-corrected chi connectivity index (χ2v) is 6.69. The SMILES string of the molecule is CC(C)(C)N1CCCC1CNc1ccc(C=O)cc1[N+](=O)[O-]. The maximum atomic E-state index is 11.1. The van der Waals surface area contributed by atoms with E-state index in [1.807, 2.05) is 0 Å². The predicted octanol–water partition coefficient (Wildman–Crippen LogP) is 3.08. The molecule has 6 nitrogen and oxygen atoms in total. The second-order valence-electron chi connectivity index (χ2n) is 6.69. The van der Waals surface area contributed by atoms with E-state index in [1.54, 1.807) is 12.1 Å². The molecule has 1 aromatic rings. The summed E-state index contributed by atoms with van der Waals surface area (Å²) in [4.78, 5) is 23.9. The quantitative estimate of drug-likeness (QED) is 0.514. The van der Waals surface area contributed by atoms with E-state index < -0.39 is 4.92 Å². The number of nitrogens with zero attached hydrogens (tertiary/aromatic N) is 2. The van der Waals surface area contributed by atoms with Crippen LogP contribution in [0.25, 0.3) is 0 Å². The van der Waals surface area contributed by atoms with Crippen LogP contribution in [-0.4, -0.2) is 40.8 Å². The Morgan fingerprint density at radius 1 is 1.45 bits per heavy atom. The molecule has 1 N–H and O–H groups in total. The molecule has 0 aromatic heterocycles. The van der Waals surface area contributed by atoms with E-state index in [9.17, 15) is 14.9 Å². The predicted molar refractivity (Wildman–Crippen MR) is 86.5 cm³/mol. The molecule has 1 saturated heterocycles. The van der Waals surface area contributed by atoms with Gasteiger partial charge in [0.1, 0.15) is 12.0 Å². The van der Waals surface area contributed by atoms with Gasteiger partial charge in [-0.1, -0.05) is 0 Å².